The monoisotopic (exact) mass is 297 g/mol. The highest BCUT2D eigenvalue weighted by atomic mass is 32.2. The highest BCUT2D eigenvalue weighted by molar-refractivity contribution is 7.99. The minimum Gasteiger partial charge on any atom is -0.480 e. The number of amides is 1. The van der Waals surface area contributed by atoms with Gasteiger partial charge in [-0.1, -0.05) is 6.92 Å². The lowest BCUT2D eigenvalue weighted by atomic mass is 10.3. The standard InChI is InChI=1S/C10H19NO5S2/c1-3-18(15,16)6-4-5-17-7-9(10(13)14)11-8(2)12/h9H,3-7H2,1-2H3,(H,11,12)(H,13,14)/t9-/m0/s1. The van der Waals surface area contributed by atoms with Gasteiger partial charge in [0.15, 0.2) is 0 Å². The van der Waals surface area contributed by atoms with Gasteiger partial charge in [0.1, 0.15) is 15.9 Å². The molecule has 2 N–H and O–H groups in total. The number of hydrogen-bond acceptors (Lipinski definition) is 5. The maximum Gasteiger partial charge on any atom is 0.327 e. The van der Waals surface area contributed by atoms with Crippen molar-refractivity contribution in [2.75, 3.05) is 23.0 Å². The molecule has 1 atom stereocenters. The smallest absolute Gasteiger partial charge is 0.327 e. The Morgan fingerprint density at radius 1 is 1.39 bits per heavy atom. The Labute approximate surface area is 111 Å². The average molecular weight is 297 g/mol. The molecule has 0 aliphatic carbocycles. The van der Waals surface area contributed by atoms with E-state index >= 15 is 0 Å². The lowest BCUT2D eigenvalue weighted by Crippen LogP contribution is -2.41. The Kier molecular flexibility index (Phi) is 8.01. The summed E-state index contributed by atoms with van der Waals surface area (Å²) in [5, 5.41) is 11.1. The molecule has 0 heterocycles. The Morgan fingerprint density at radius 2 is 2.00 bits per heavy atom. The molecule has 106 valence electrons. The van der Waals surface area contributed by atoms with Gasteiger partial charge >= 0.3 is 5.97 Å². The minimum atomic E-state index is -2.95. The molecular weight excluding hydrogens is 278 g/mol. The van der Waals surface area contributed by atoms with Gasteiger partial charge in [-0.2, -0.15) is 11.8 Å². The summed E-state index contributed by atoms with van der Waals surface area (Å²) in [6.45, 7) is 2.86. The molecule has 8 heteroatoms. The first-order valence-electron chi connectivity index (χ1n) is 5.56. The molecule has 6 nitrogen and oxygen atoms in total. The molecular formula is C10H19NO5S2. The van der Waals surface area contributed by atoms with E-state index in [9.17, 15) is 18.0 Å². The molecule has 0 spiro atoms. The van der Waals surface area contributed by atoms with Crippen molar-refractivity contribution in [3.05, 3.63) is 0 Å². The van der Waals surface area contributed by atoms with Crippen LogP contribution >= 0.6 is 11.8 Å². The van der Waals surface area contributed by atoms with Crippen molar-refractivity contribution in [2.24, 2.45) is 0 Å². The van der Waals surface area contributed by atoms with E-state index in [4.69, 9.17) is 5.11 Å². The number of nitrogens with one attached hydrogen (secondary N) is 1. The Balaban J connectivity index is 3.88. The van der Waals surface area contributed by atoms with E-state index in [2.05, 4.69) is 5.32 Å². The molecule has 0 rings (SSSR count). The van der Waals surface area contributed by atoms with Crippen LogP contribution in [-0.4, -0.2) is 54.5 Å². The number of carboxylic acids is 1. The predicted molar refractivity (Wildman–Crippen MR) is 71.5 cm³/mol. The van der Waals surface area contributed by atoms with Crippen LogP contribution in [0.4, 0.5) is 0 Å². The lowest BCUT2D eigenvalue weighted by molar-refractivity contribution is -0.140. The lowest BCUT2D eigenvalue weighted by Gasteiger charge is -2.12. The second-order valence-electron chi connectivity index (χ2n) is 3.76. The van der Waals surface area contributed by atoms with Gasteiger partial charge in [0.2, 0.25) is 5.91 Å². The molecule has 0 aromatic heterocycles. The zero-order chi connectivity index (χ0) is 14.2. The number of carbonyl (C=O) groups excluding carboxylic acids is 1. The van der Waals surface area contributed by atoms with Crippen molar-refractivity contribution in [2.45, 2.75) is 26.3 Å². The fourth-order valence-electron chi connectivity index (χ4n) is 1.15. The molecule has 0 aliphatic heterocycles. The van der Waals surface area contributed by atoms with E-state index in [1.54, 1.807) is 6.92 Å². The fourth-order valence-corrected chi connectivity index (χ4v) is 3.18. The molecule has 0 aromatic rings. The van der Waals surface area contributed by atoms with Crippen molar-refractivity contribution in [3.63, 3.8) is 0 Å². The summed E-state index contributed by atoms with van der Waals surface area (Å²) >= 11 is 1.32. The van der Waals surface area contributed by atoms with E-state index in [0.29, 0.717) is 12.2 Å². The van der Waals surface area contributed by atoms with Crippen LogP contribution in [0.3, 0.4) is 0 Å². The molecule has 1 amide bonds. The van der Waals surface area contributed by atoms with E-state index in [-0.39, 0.29) is 17.3 Å². The van der Waals surface area contributed by atoms with Crippen LogP contribution in [0, 0.1) is 0 Å². The maximum absolute atomic E-state index is 11.2. The quantitative estimate of drug-likeness (QED) is 0.587. The largest absolute Gasteiger partial charge is 0.480 e. The second kappa shape index (κ2) is 8.36. The average Bonchev–Trinajstić information content (AvgIpc) is 2.26. The normalized spacial score (nSPS) is 13.0. The van der Waals surface area contributed by atoms with Crippen molar-refractivity contribution >= 4 is 33.5 Å². The minimum absolute atomic E-state index is 0.119. The summed E-state index contributed by atoms with van der Waals surface area (Å²) < 4.78 is 22.4. The summed E-state index contributed by atoms with van der Waals surface area (Å²) in [5.41, 5.74) is 0. The Hall–Kier alpha value is -0.760. The summed E-state index contributed by atoms with van der Waals surface area (Å²) in [6, 6.07) is -0.921. The third-order valence-corrected chi connectivity index (χ3v) is 5.08. The molecule has 18 heavy (non-hydrogen) atoms. The molecule has 0 radical (unpaired) electrons. The fraction of sp³-hybridized carbons (Fsp3) is 0.800. The molecule has 0 unspecified atom stereocenters. The van der Waals surface area contributed by atoms with E-state index in [0.717, 1.165) is 0 Å². The Morgan fingerprint density at radius 3 is 2.44 bits per heavy atom. The number of carboxylic acid groups (broad SMARTS) is 1. The van der Waals surface area contributed by atoms with Crippen LogP contribution in [0.5, 0.6) is 0 Å². The Bertz CT molecular complexity index is 380. The van der Waals surface area contributed by atoms with Crippen LogP contribution < -0.4 is 5.32 Å². The SMILES string of the molecule is CCS(=O)(=O)CCCSC[C@H](NC(C)=O)C(=O)O. The van der Waals surface area contributed by atoms with Gasteiger partial charge in [0.25, 0.3) is 0 Å². The number of sulfone groups is 1. The summed E-state index contributed by atoms with van der Waals surface area (Å²) in [7, 11) is -2.95. The van der Waals surface area contributed by atoms with Crippen molar-refractivity contribution in [1.82, 2.24) is 5.32 Å². The molecule has 0 saturated heterocycles. The zero-order valence-corrected chi connectivity index (χ0v) is 12.1. The first-order valence-corrected chi connectivity index (χ1v) is 8.54. The third-order valence-electron chi connectivity index (χ3n) is 2.14. The highest BCUT2D eigenvalue weighted by Gasteiger charge is 2.18. The van der Waals surface area contributed by atoms with Gasteiger partial charge in [-0.05, 0) is 12.2 Å². The number of carbonyl (C=O) groups is 2. The van der Waals surface area contributed by atoms with Gasteiger partial charge < -0.3 is 10.4 Å². The summed E-state index contributed by atoms with van der Waals surface area (Å²) in [4.78, 5) is 21.5. The zero-order valence-electron chi connectivity index (χ0n) is 10.5. The molecule has 0 fully saturated rings. The maximum atomic E-state index is 11.2. The third kappa shape index (κ3) is 8.35. The highest BCUT2D eigenvalue weighted by Crippen LogP contribution is 2.07. The second-order valence-corrected chi connectivity index (χ2v) is 7.38. The topological polar surface area (TPSA) is 101 Å². The van der Waals surface area contributed by atoms with E-state index in [1.165, 1.54) is 18.7 Å². The van der Waals surface area contributed by atoms with Crippen LogP contribution in [0.25, 0.3) is 0 Å². The van der Waals surface area contributed by atoms with Gasteiger partial charge in [0.05, 0.1) is 5.75 Å². The molecule has 0 bridgehead atoms. The van der Waals surface area contributed by atoms with Crippen molar-refractivity contribution in [3.8, 4) is 0 Å². The number of thioether (sulfide) groups is 1. The van der Waals surface area contributed by atoms with Gasteiger partial charge in [-0.25, -0.2) is 13.2 Å². The van der Waals surface area contributed by atoms with Gasteiger partial charge in [-0.3, -0.25) is 4.79 Å². The van der Waals surface area contributed by atoms with Crippen LogP contribution in [0.2, 0.25) is 0 Å². The van der Waals surface area contributed by atoms with E-state index < -0.39 is 27.8 Å². The van der Waals surface area contributed by atoms with Crippen LogP contribution in [-0.2, 0) is 19.4 Å². The van der Waals surface area contributed by atoms with Crippen molar-refractivity contribution < 1.29 is 23.1 Å². The van der Waals surface area contributed by atoms with Crippen molar-refractivity contribution in [1.29, 1.82) is 0 Å². The van der Waals surface area contributed by atoms with Gasteiger partial charge in [0, 0.05) is 18.4 Å². The molecule has 0 aromatic carbocycles. The van der Waals surface area contributed by atoms with Crippen LogP contribution in [0.1, 0.15) is 20.3 Å². The first-order chi connectivity index (χ1) is 8.28. The first kappa shape index (κ1) is 17.2. The summed E-state index contributed by atoms with van der Waals surface area (Å²) in [6.07, 6.45) is 0.493. The number of aliphatic carboxylic acids is 1. The predicted octanol–water partition coefficient (Wildman–Crippen LogP) is 0.134. The van der Waals surface area contributed by atoms with Gasteiger partial charge in [-0.15, -0.1) is 0 Å². The summed E-state index contributed by atoms with van der Waals surface area (Å²) in [5.74, 6) is -0.435. The molecule has 0 saturated carbocycles. The number of hydrogen-bond donors (Lipinski definition) is 2. The molecule has 0 aliphatic rings. The number of rotatable bonds is 9. The van der Waals surface area contributed by atoms with Crippen LogP contribution in [0.15, 0.2) is 0 Å². The van der Waals surface area contributed by atoms with E-state index in [1.807, 2.05) is 0 Å².